The predicted molar refractivity (Wildman–Crippen MR) is 116 cm³/mol. The van der Waals surface area contributed by atoms with Gasteiger partial charge in [0.1, 0.15) is 0 Å². The summed E-state index contributed by atoms with van der Waals surface area (Å²) in [5, 5.41) is 5.43. The quantitative estimate of drug-likeness (QED) is 0.418. The van der Waals surface area contributed by atoms with Crippen LogP contribution >= 0.6 is 11.8 Å². The molecule has 2 aromatic carbocycles. The molecule has 3 N–H and O–H groups in total. The SMILES string of the molecule is COC(=O)c1ccc(CNC(=O)c2cccc3c(/C=C4\SC(=O)NC4=O)c[nH]c23)cc1. The summed E-state index contributed by atoms with van der Waals surface area (Å²) >= 11 is 0.840. The lowest BCUT2D eigenvalue weighted by Crippen LogP contribution is -2.23. The fraction of sp³-hybridized carbons (Fsp3) is 0.0909. The molecule has 0 saturated carbocycles. The van der Waals surface area contributed by atoms with Gasteiger partial charge in [-0.05, 0) is 41.6 Å². The third-order valence-corrected chi connectivity index (χ3v) is 5.56. The van der Waals surface area contributed by atoms with Crippen molar-refractivity contribution in [1.29, 1.82) is 0 Å². The molecule has 2 heterocycles. The fourth-order valence-corrected chi connectivity index (χ4v) is 3.87. The first-order chi connectivity index (χ1) is 15.0. The van der Waals surface area contributed by atoms with E-state index < -0.39 is 17.1 Å². The third kappa shape index (κ3) is 4.22. The van der Waals surface area contributed by atoms with Crippen LogP contribution in [0.2, 0.25) is 0 Å². The second-order valence-electron chi connectivity index (χ2n) is 6.70. The Hall–Kier alpha value is -3.85. The highest BCUT2D eigenvalue weighted by Gasteiger charge is 2.25. The van der Waals surface area contributed by atoms with Crippen molar-refractivity contribution >= 4 is 51.8 Å². The Bertz CT molecular complexity index is 1240. The first kappa shape index (κ1) is 20.4. The summed E-state index contributed by atoms with van der Waals surface area (Å²) in [6.07, 6.45) is 3.31. The highest BCUT2D eigenvalue weighted by Crippen LogP contribution is 2.29. The number of carbonyl (C=O) groups excluding carboxylic acids is 4. The minimum Gasteiger partial charge on any atom is -0.465 e. The number of rotatable bonds is 5. The largest absolute Gasteiger partial charge is 0.465 e. The Balaban J connectivity index is 1.52. The van der Waals surface area contributed by atoms with Crippen molar-refractivity contribution in [2.24, 2.45) is 0 Å². The van der Waals surface area contributed by atoms with Gasteiger partial charge >= 0.3 is 5.97 Å². The molecule has 1 fully saturated rings. The minimum atomic E-state index is -0.434. The lowest BCUT2D eigenvalue weighted by atomic mass is 10.1. The minimum absolute atomic E-state index is 0.271. The number of ether oxygens (including phenoxy) is 1. The number of para-hydroxylation sites is 1. The Kier molecular flexibility index (Phi) is 5.59. The number of thioether (sulfide) groups is 1. The Morgan fingerprint density at radius 3 is 2.58 bits per heavy atom. The molecular weight excluding hydrogens is 418 g/mol. The van der Waals surface area contributed by atoms with Crippen molar-refractivity contribution in [2.75, 3.05) is 7.11 Å². The van der Waals surface area contributed by atoms with Crippen LogP contribution in [0, 0.1) is 0 Å². The monoisotopic (exact) mass is 435 g/mol. The van der Waals surface area contributed by atoms with E-state index >= 15 is 0 Å². The van der Waals surface area contributed by atoms with E-state index in [1.807, 2.05) is 6.07 Å². The molecule has 0 atom stereocenters. The maximum absolute atomic E-state index is 12.8. The number of amides is 3. The molecular formula is C22H17N3O5S. The summed E-state index contributed by atoms with van der Waals surface area (Å²) in [7, 11) is 1.32. The van der Waals surface area contributed by atoms with E-state index in [1.165, 1.54) is 7.11 Å². The van der Waals surface area contributed by atoms with Gasteiger partial charge in [-0.2, -0.15) is 0 Å². The zero-order valence-corrected chi connectivity index (χ0v) is 17.2. The number of hydrogen-bond acceptors (Lipinski definition) is 6. The highest BCUT2D eigenvalue weighted by atomic mass is 32.2. The molecule has 0 unspecified atom stereocenters. The molecule has 0 aliphatic carbocycles. The van der Waals surface area contributed by atoms with Gasteiger partial charge in [-0.3, -0.25) is 19.7 Å². The highest BCUT2D eigenvalue weighted by molar-refractivity contribution is 8.18. The van der Waals surface area contributed by atoms with Crippen LogP contribution in [0.5, 0.6) is 0 Å². The van der Waals surface area contributed by atoms with Gasteiger partial charge in [-0.15, -0.1) is 0 Å². The summed E-state index contributed by atoms with van der Waals surface area (Å²) in [5.41, 5.74) is 3.05. The molecule has 0 bridgehead atoms. The van der Waals surface area contributed by atoms with Crippen molar-refractivity contribution < 1.29 is 23.9 Å². The Morgan fingerprint density at radius 2 is 1.90 bits per heavy atom. The summed E-state index contributed by atoms with van der Waals surface area (Å²) in [4.78, 5) is 50.8. The van der Waals surface area contributed by atoms with Gasteiger partial charge in [-0.1, -0.05) is 24.3 Å². The van der Waals surface area contributed by atoms with Gasteiger partial charge in [0.25, 0.3) is 17.1 Å². The molecule has 1 aliphatic rings. The molecule has 1 saturated heterocycles. The van der Waals surface area contributed by atoms with Crippen LogP contribution < -0.4 is 10.6 Å². The van der Waals surface area contributed by atoms with Crippen LogP contribution in [0.25, 0.3) is 17.0 Å². The van der Waals surface area contributed by atoms with E-state index in [0.717, 1.165) is 22.7 Å². The standard InChI is InChI=1S/C22H17N3O5S/c1-30-21(28)13-7-5-12(6-8-13)10-24-19(26)16-4-2-3-15-14(11-23-18(15)16)9-17-20(27)25-22(29)31-17/h2-9,11,23H,10H2,1H3,(H,24,26)(H,25,27,29)/b17-9-. The first-order valence-electron chi connectivity index (χ1n) is 9.26. The van der Waals surface area contributed by atoms with Crippen molar-refractivity contribution in [3.63, 3.8) is 0 Å². The van der Waals surface area contributed by atoms with Gasteiger partial charge < -0.3 is 15.0 Å². The Labute approximate surface area is 181 Å². The number of imide groups is 1. The molecule has 9 heteroatoms. The van der Waals surface area contributed by atoms with Crippen molar-refractivity contribution in [2.45, 2.75) is 6.54 Å². The van der Waals surface area contributed by atoms with Gasteiger partial charge in [0.15, 0.2) is 0 Å². The molecule has 4 rings (SSSR count). The number of aromatic amines is 1. The smallest absolute Gasteiger partial charge is 0.337 e. The van der Waals surface area contributed by atoms with Crippen LogP contribution in [0.4, 0.5) is 4.79 Å². The van der Waals surface area contributed by atoms with Gasteiger partial charge in [-0.25, -0.2) is 4.79 Å². The zero-order chi connectivity index (χ0) is 22.0. The predicted octanol–water partition coefficient (Wildman–Crippen LogP) is 3.21. The van der Waals surface area contributed by atoms with E-state index in [2.05, 4.69) is 20.4 Å². The second kappa shape index (κ2) is 8.49. The summed E-state index contributed by atoms with van der Waals surface area (Å²) in [6.45, 7) is 0.285. The molecule has 31 heavy (non-hydrogen) atoms. The molecule has 156 valence electrons. The molecule has 3 aromatic rings. The fourth-order valence-electron chi connectivity index (χ4n) is 3.20. The average molecular weight is 435 g/mol. The summed E-state index contributed by atoms with van der Waals surface area (Å²) in [6, 6.07) is 12.1. The van der Waals surface area contributed by atoms with Crippen molar-refractivity contribution in [1.82, 2.24) is 15.6 Å². The van der Waals surface area contributed by atoms with Crippen LogP contribution in [0.1, 0.15) is 31.8 Å². The number of H-pyrrole nitrogens is 1. The van der Waals surface area contributed by atoms with E-state index in [0.29, 0.717) is 27.1 Å². The Morgan fingerprint density at radius 1 is 1.13 bits per heavy atom. The normalized spacial score (nSPS) is 14.7. The molecule has 3 amide bonds. The van der Waals surface area contributed by atoms with Crippen LogP contribution in [0.15, 0.2) is 53.6 Å². The molecule has 0 radical (unpaired) electrons. The number of methoxy groups -OCH3 is 1. The van der Waals surface area contributed by atoms with Crippen molar-refractivity contribution in [3.8, 4) is 0 Å². The lowest BCUT2D eigenvalue weighted by Gasteiger charge is -2.07. The van der Waals surface area contributed by atoms with E-state index in [9.17, 15) is 19.2 Å². The van der Waals surface area contributed by atoms with Crippen molar-refractivity contribution in [3.05, 3.63) is 75.8 Å². The van der Waals surface area contributed by atoms with Gasteiger partial charge in [0.05, 0.1) is 28.7 Å². The average Bonchev–Trinajstić information content (AvgIpc) is 3.34. The number of aromatic nitrogens is 1. The number of benzene rings is 2. The molecule has 1 aromatic heterocycles. The van der Waals surface area contributed by atoms with Crippen LogP contribution in [-0.4, -0.2) is 35.1 Å². The zero-order valence-electron chi connectivity index (χ0n) is 16.4. The van der Waals surface area contributed by atoms with E-state index in [-0.39, 0.29) is 12.5 Å². The lowest BCUT2D eigenvalue weighted by molar-refractivity contribution is -0.115. The number of fused-ring (bicyclic) bond motifs is 1. The van der Waals surface area contributed by atoms with E-state index in [4.69, 9.17) is 0 Å². The number of carbonyl (C=O) groups is 4. The van der Waals surface area contributed by atoms with Gasteiger partial charge in [0.2, 0.25) is 0 Å². The number of esters is 1. The number of hydrogen-bond donors (Lipinski definition) is 3. The topological polar surface area (TPSA) is 117 Å². The van der Waals surface area contributed by atoms with E-state index in [1.54, 1.807) is 48.7 Å². The molecule has 1 aliphatic heterocycles. The number of nitrogens with one attached hydrogen (secondary N) is 3. The molecule has 0 spiro atoms. The summed E-state index contributed by atoms with van der Waals surface area (Å²) < 4.78 is 4.67. The maximum atomic E-state index is 12.8. The van der Waals surface area contributed by atoms with Crippen LogP contribution in [-0.2, 0) is 16.1 Å². The first-order valence-corrected chi connectivity index (χ1v) is 10.1. The molecule has 8 nitrogen and oxygen atoms in total. The third-order valence-electron chi connectivity index (χ3n) is 4.75. The summed E-state index contributed by atoms with van der Waals surface area (Å²) in [5.74, 6) is -1.12. The van der Waals surface area contributed by atoms with Gasteiger partial charge in [0, 0.05) is 23.7 Å². The maximum Gasteiger partial charge on any atom is 0.337 e. The van der Waals surface area contributed by atoms with Crippen LogP contribution in [0.3, 0.4) is 0 Å². The second-order valence-corrected chi connectivity index (χ2v) is 7.71.